The van der Waals surface area contributed by atoms with Crippen molar-refractivity contribution in [3.63, 3.8) is 0 Å². The third-order valence-electron chi connectivity index (χ3n) is 3.83. The van der Waals surface area contributed by atoms with Gasteiger partial charge in [-0.3, -0.25) is 5.32 Å². The van der Waals surface area contributed by atoms with Gasteiger partial charge in [0, 0.05) is 5.38 Å². The molecule has 2 heterocycles. The van der Waals surface area contributed by atoms with Gasteiger partial charge in [-0.05, 0) is 54.5 Å². The molecule has 1 fully saturated rings. The average Bonchev–Trinajstić information content (AvgIpc) is 2.87. The summed E-state index contributed by atoms with van der Waals surface area (Å²) in [6.45, 7) is 13.5. The van der Waals surface area contributed by atoms with Gasteiger partial charge in [0.05, 0.1) is 16.9 Å². The summed E-state index contributed by atoms with van der Waals surface area (Å²) in [4.78, 5) is 16.0. The zero-order chi connectivity index (χ0) is 18.2. The van der Waals surface area contributed by atoms with E-state index in [1.807, 2.05) is 65.9 Å². The highest BCUT2D eigenvalue weighted by Gasteiger charge is 2.50. The molecule has 0 aromatic carbocycles. The van der Waals surface area contributed by atoms with Crippen LogP contribution in [0.4, 0.5) is 9.93 Å². The second kappa shape index (κ2) is 6.50. The molecule has 0 bridgehead atoms. The molecular weight excluding hydrogens is 327 g/mol. The van der Waals surface area contributed by atoms with Crippen LogP contribution in [0.1, 0.15) is 54.2 Å². The number of thiazole rings is 1. The number of carbonyl (C=O) groups is 1. The molecule has 1 aromatic rings. The summed E-state index contributed by atoms with van der Waals surface area (Å²) in [5.74, 6) is 1.82. The van der Waals surface area contributed by atoms with Crippen molar-refractivity contribution in [2.75, 3.05) is 5.32 Å². The predicted octanol–water partition coefficient (Wildman–Crippen LogP) is 4.13. The number of carbonyl (C=O) groups excluding carboxylic acids is 1. The van der Waals surface area contributed by atoms with E-state index in [4.69, 9.17) is 14.0 Å². The fourth-order valence-corrected chi connectivity index (χ4v) is 2.62. The number of ether oxygens (including phenoxy) is 1. The van der Waals surface area contributed by atoms with Crippen molar-refractivity contribution in [3.8, 4) is 0 Å². The molecular formula is C16H25BN2O4S. The molecule has 6 nitrogen and oxygen atoms in total. The Bertz CT molecular complexity index is 618. The smallest absolute Gasteiger partial charge is 0.444 e. The van der Waals surface area contributed by atoms with Gasteiger partial charge >= 0.3 is 13.2 Å². The van der Waals surface area contributed by atoms with Crippen LogP contribution < -0.4 is 5.32 Å². The normalized spacial score (nSPS) is 19.7. The molecule has 0 radical (unpaired) electrons. The molecule has 24 heavy (non-hydrogen) atoms. The lowest BCUT2D eigenvalue weighted by Crippen LogP contribution is -2.41. The largest absolute Gasteiger partial charge is 0.487 e. The van der Waals surface area contributed by atoms with E-state index in [1.165, 1.54) is 11.3 Å². The Hall–Kier alpha value is -1.38. The van der Waals surface area contributed by atoms with Crippen molar-refractivity contribution in [2.45, 2.75) is 65.3 Å². The summed E-state index contributed by atoms with van der Waals surface area (Å²) < 4.78 is 17.0. The molecule has 1 N–H and O–H groups in total. The molecule has 2 rings (SSSR count). The average molecular weight is 352 g/mol. The van der Waals surface area contributed by atoms with Crippen molar-refractivity contribution < 1.29 is 18.8 Å². The maximum absolute atomic E-state index is 11.7. The lowest BCUT2D eigenvalue weighted by molar-refractivity contribution is 0.00578. The van der Waals surface area contributed by atoms with Crippen LogP contribution >= 0.6 is 11.3 Å². The Kier molecular flexibility index (Phi) is 5.13. The number of anilines is 1. The molecule has 8 heteroatoms. The summed E-state index contributed by atoms with van der Waals surface area (Å²) in [6, 6.07) is 0. The van der Waals surface area contributed by atoms with Crippen molar-refractivity contribution in [2.24, 2.45) is 0 Å². The van der Waals surface area contributed by atoms with Crippen LogP contribution in [0.25, 0.3) is 6.08 Å². The van der Waals surface area contributed by atoms with Crippen LogP contribution in [0.5, 0.6) is 0 Å². The highest BCUT2D eigenvalue weighted by molar-refractivity contribution is 7.14. The Morgan fingerprint density at radius 2 is 1.88 bits per heavy atom. The maximum Gasteiger partial charge on any atom is 0.487 e. The molecule has 0 unspecified atom stereocenters. The molecule has 1 aliphatic heterocycles. The van der Waals surface area contributed by atoms with E-state index in [9.17, 15) is 4.79 Å². The Morgan fingerprint density at radius 1 is 1.29 bits per heavy atom. The Labute approximate surface area is 147 Å². The zero-order valence-corrected chi connectivity index (χ0v) is 16.1. The first-order chi connectivity index (χ1) is 10.9. The van der Waals surface area contributed by atoms with Crippen molar-refractivity contribution >= 4 is 35.8 Å². The quantitative estimate of drug-likeness (QED) is 0.828. The highest BCUT2D eigenvalue weighted by Crippen LogP contribution is 2.37. The minimum Gasteiger partial charge on any atom is -0.444 e. The number of aromatic nitrogens is 1. The minimum atomic E-state index is -0.541. The molecule has 0 spiro atoms. The third-order valence-corrected chi connectivity index (χ3v) is 4.60. The Balaban J connectivity index is 1.94. The summed E-state index contributed by atoms with van der Waals surface area (Å²) >= 11 is 1.33. The van der Waals surface area contributed by atoms with E-state index in [2.05, 4.69) is 10.3 Å². The molecule has 1 aromatic heterocycles. The Morgan fingerprint density at radius 3 is 2.42 bits per heavy atom. The zero-order valence-electron chi connectivity index (χ0n) is 15.3. The number of nitrogens with zero attached hydrogens (tertiary/aromatic N) is 1. The first kappa shape index (κ1) is 19.0. The lowest BCUT2D eigenvalue weighted by atomic mass is 9.90. The monoisotopic (exact) mass is 352 g/mol. The van der Waals surface area contributed by atoms with Gasteiger partial charge in [-0.2, -0.15) is 0 Å². The second-order valence-corrected chi connectivity index (χ2v) is 8.55. The highest BCUT2D eigenvalue weighted by atomic mass is 32.1. The van der Waals surface area contributed by atoms with Gasteiger partial charge in [0.1, 0.15) is 5.60 Å². The fraction of sp³-hybridized carbons (Fsp3) is 0.625. The third kappa shape index (κ3) is 4.81. The minimum absolute atomic E-state index is 0.368. The lowest BCUT2D eigenvalue weighted by Gasteiger charge is -2.32. The number of rotatable bonds is 3. The molecule has 0 saturated carbocycles. The van der Waals surface area contributed by atoms with Gasteiger partial charge in [-0.1, -0.05) is 5.98 Å². The molecule has 132 valence electrons. The van der Waals surface area contributed by atoms with Crippen molar-refractivity contribution in [1.29, 1.82) is 0 Å². The standard InChI is InChI=1S/C16H25BN2O4S/c1-14(2,3)21-13(20)19-12-18-11(10-24-12)8-9-17-22-15(4,5)16(6,7)23-17/h8-10H,1-7H3,(H,18,19,20). The van der Waals surface area contributed by atoms with Gasteiger partial charge in [0.2, 0.25) is 0 Å². The molecule has 0 atom stereocenters. The first-order valence-electron chi connectivity index (χ1n) is 7.87. The predicted molar refractivity (Wildman–Crippen MR) is 97.1 cm³/mol. The number of nitrogens with one attached hydrogen (secondary N) is 1. The van der Waals surface area contributed by atoms with Crippen LogP contribution in [-0.2, 0) is 14.0 Å². The summed E-state index contributed by atoms with van der Waals surface area (Å²) in [5.41, 5.74) is -0.553. The van der Waals surface area contributed by atoms with Gasteiger partial charge in [0.15, 0.2) is 5.13 Å². The topological polar surface area (TPSA) is 69.7 Å². The van der Waals surface area contributed by atoms with Crippen LogP contribution in [0.15, 0.2) is 11.4 Å². The van der Waals surface area contributed by atoms with Gasteiger partial charge in [-0.25, -0.2) is 9.78 Å². The fourth-order valence-electron chi connectivity index (χ4n) is 1.96. The first-order valence-corrected chi connectivity index (χ1v) is 8.75. The van der Waals surface area contributed by atoms with E-state index in [-0.39, 0.29) is 11.2 Å². The second-order valence-electron chi connectivity index (χ2n) is 7.69. The van der Waals surface area contributed by atoms with Crippen LogP contribution in [0, 0.1) is 0 Å². The van der Waals surface area contributed by atoms with Gasteiger partial charge < -0.3 is 14.0 Å². The molecule has 1 saturated heterocycles. The van der Waals surface area contributed by atoms with E-state index >= 15 is 0 Å². The van der Waals surface area contributed by atoms with Crippen molar-refractivity contribution in [3.05, 3.63) is 17.0 Å². The van der Waals surface area contributed by atoms with E-state index in [0.29, 0.717) is 5.13 Å². The summed E-state index contributed by atoms with van der Waals surface area (Å²) in [5, 5.41) is 4.95. The summed E-state index contributed by atoms with van der Waals surface area (Å²) in [6.07, 6.45) is 1.30. The summed E-state index contributed by atoms with van der Waals surface area (Å²) in [7, 11) is -0.418. The molecule has 1 aliphatic rings. The van der Waals surface area contributed by atoms with Crippen molar-refractivity contribution in [1.82, 2.24) is 4.98 Å². The maximum atomic E-state index is 11.7. The van der Waals surface area contributed by atoms with Gasteiger partial charge in [0.25, 0.3) is 0 Å². The van der Waals surface area contributed by atoms with E-state index in [1.54, 1.807) is 0 Å². The van der Waals surface area contributed by atoms with E-state index < -0.39 is 18.8 Å². The van der Waals surface area contributed by atoms with Crippen LogP contribution in [0.2, 0.25) is 0 Å². The van der Waals surface area contributed by atoms with Crippen LogP contribution in [0.3, 0.4) is 0 Å². The SMILES string of the molecule is CC(C)(C)OC(=O)Nc1nc(C=CB2OC(C)(C)C(C)(C)O2)cs1. The number of amides is 1. The number of hydrogen-bond acceptors (Lipinski definition) is 6. The molecule has 1 amide bonds. The van der Waals surface area contributed by atoms with Gasteiger partial charge in [-0.15, -0.1) is 11.3 Å². The number of hydrogen-bond donors (Lipinski definition) is 1. The molecule has 0 aliphatic carbocycles. The van der Waals surface area contributed by atoms with Crippen LogP contribution in [-0.4, -0.2) is 35.0 Å². The van der Waals surface area contributed by atoms with E-state index in [0.717, 1.165) is 5.69 Å².